The van der Waals surface area contributed by atoms with Crippen LogP contribution in [0.3, 0.4) is 0 Å². The molecular formula is C24H20F2N6. The van der Waals surface area contributed by atoms with Crippen molar-refractivity contribution < 1.29 is 8.78 Å². The van der Waals surface area contributed by atoms with E-state index in [1.807, 2.05) is 6.07 Å². The monoisotopic (exact) mass is 430 g/mol. The minimum Gasteiger partial charge on any atom is -0.285 e. The van der Waals surface area contributed by atoms with E-state index in [2.05, 4.69) is 39.2 Å². The zero-order chi connectivity index (χ0) is 22.1. The molecule has 0 spiro atoms. The van der Waals surface area contributed by atoms with E-state index in [9.17, 15) is 8.78 Å². The van der Waals surface area contributed by atoms with E-state index in [0.29, 0.717) is 0 Å². The summed E-state index contributed by atoms with van der Waals surface area (Å²) in [7, 11) is 0. The second-order valence-electron chi connectivity index (χ2n) is 9.12. The first kappa shape index (κ1) is 19.2. The first-order chi connectivity index (χ1) is 15.4. The molecule has 6 nitrogen and oxygen atoms in total. The minimum absolute atomic E-state index is 0.140. The summed E-state index contributed by atoms with van der Waals surface area (Å²) < 4.78 is 28.8. The Morgan fingerprint density at radius 3 is 2.59 bits per heavy atom. The third-order valence-corrected chi connectivity index (χ3v) is 7.47. The van der Waals surface area contributed by atoms with Crippen molar-refractivity contribution in [2.24, 2.45) is 5.41 Å². The van der Waals surface area contributed by atoms with Crippen LogP contribution in [0.2, 0.25) is 0 Å². The van der Waals surface area contributed by atoms with Gasteiger partial charge in [-0.2, -0.15) is 10.2 Å². The first-order valence-electron chi connectivity index (χ1n) is 10.6. The van der Waals surface area contributed by atoms with Crippen LogP contribution in [0.4, 0.5) is 8.78 Å². The number of H-pyrrole nitrogens is 1. The molecule has 6 rings (SSSR count). The summed E-state index contributed by atoms with van der Waals surface area (Å²) in [5, 5.41) is 15.7. The standard InChI is InChI=1S/C24H20F2N6/c1-23(2)15-6-7-24(23,20-12-27-11-19(30-20)13-9-28-29-10-13)22-14(15)8-18(31-32-22)21-16(25)4-3-5-17(21)26/h3-5,8-12,15H,6-7H2,1-2H3,(H,28,29)/t15-,24-/m0/s1. The molecule has 0 saturated heterocycles. The minimum atomic E-state index is -0.643. The molecule has 2 bridgehead atoms. The molecule has 0 radical (unpaired) electrons. The number of nitrogens with zero attached hydrogens (tertiary/aromatic N) is 5. The highest BCUT2D eigenvalue weighted by atomic mass is 19.1. The van der Waals surface area contributed by atoms with E-state index in [4.69, 9.17) is 4.98 Å². The van der Waals surface area contributed by atoms with Gasteiger partial charge in [0.05, 0.1) is 46.1 Å². The number of fused-ring (bicyclic) bond motifs is 5. The van der Waals surface area contributed by atoms with Crippen LogP contribution in [0.1, 0.15) is 49.6 Å². The van der Waals surface area contributed by atoms with Gasteiger partial charge in [-0.15, -0.1) is 5.10 Å². The van der Waals surface area contributed by atoms with Crippen molar-refractivity contribution in [1.82, 2.24) is 30.4 Å². The van der Waals surface area contributed by atoms with Crippen LogP contribution in [0.25, 0.3) is 22.5 Å². The molecule has 2 atom stereocenters. The number of hydrogen-bond donors (Lipinski definition) is 1. The highest BCUT2D eigenvalue weighted by Gasteiger charge is 2.65. The summed E-state index contributed by atoms with van der Waals surface area (Å²) in [6, 6.07) is 5.63. The third-order valence-electron chi connectivity index (χ3n) is 7.47. The summed E-state index contributed by atoms with van der Waals surface area (Å²) in [6.07, 6.45) is 8.81. The lowest BCUT2D eigenvalue weighted by molar-refractivity contribution is 0.242. The number of benzene rings is 1. The molecule has 3 heterocycles. The quantitative estimate of drug-likeness (QED) is 0.505. The Bertz CT molecular complexity index is 1330. The average Bonchev–Trinajstić information content (AvgIpc) is 3.45. The maximum atomic E-state index is 14.4. The van der Waals surface area contributed by atoms with Crippen molar-refractivity contribution in [2.45, 2.75) is 38.0 Å². The molecule has 1 N–H and O–H groups in total. The molecule has 0 amide bonds. The Balaban J connectivity index is 1.54. The molecule has 1 aromatic carbocycles. The molecule has 32 heavy (non-hydrogen) atoms. The number of aromatic nitrogens is 6. The number of nitrogens with one attached hydrogen (secondary N) is 1. The van der Waals surface area contributed by atoms with Gasteiger partial charge in [0.15, 0.2) is 0 Å². The van der Waals surface area contributed by atoms with Crippen molar-refractivity contribution in [3.8, 4) is 22.5 Å². The highest BCUT2D eigenvalue weighted by Crippen LogP contribution is 2.69. The Morgan fingerprint density at radius 2 is 1.84 bits per heavy atom. The fraction of sp³-hybridized carbons (Fsp3) is 0.292. The predicted molar refractivity (Wildman–Crippen MR) is 114 cm³/mol. The molecule has 160 valence electrons. The average molecular weight is 430 g/mol. The van der Waals surface area contributed by atoms with E-state index < -0.39 is 17.0 Å². The van der Waals surface area contributed by atoms with Crippen molar-refractivity contribution in [3.05, 3.63) is 77.6 Å². The van der Waals surface area contributed by atoms with E-state index in [-0.39, 0.29) is 22.6 Å². The van der Waals surface area contributed by atoms with Crippen LogP contribution in [-0.4, -0.2) is 30.4 Å². The van der Waals surface area contributed by atoms with Crippen molar-refractivity contribution in [1.29, 1.82) is 0 Å². The second-order valence-corrected chi connectivity index (χ2v) is 9.12. The fourth-order valence-electron chi connectivity index (χ4n) is 5.86. The van der Waals surface area contributed by atoms with Crippen molar-refractivity contribution in [3.63, 3.8) is 0 Å². The molecule has 0 unspecified atom stereocenters. The van der Waals surface area contributed by atoms with E-state index in [1.165, 1.54) is 18.2 Å². The van der Waals surface area contributed by atoms with E-state index in [1.54, 1.807) is 24.8 Å². The van der Waals surface area contributed by atoms with Crippen molar-refractivity contribution in [2.75, 3.05) is 0 Å². The molecule has 1 saturated carbocycles. The Kier molecular flexibility index (Phi) is 3.88. The number of rotatable bonds is 3. The number of hydrogen-bond acceptors (Lipinski definition) is 5. The Morgan fingerprint density at radius 1 is 1.03 bits per heavy atom. The molecule has 3 aromatic heterocycles. The maximum absolute atomic E-state index is 14.4. The van der Waals surface area contributed by atoms with Gasteiger partial charge in [0.1, 0.15) is 11.6 Å². The van der Waals surface area contributed by atoms with Crippen LogP contribution >= 0.6 is 0 Å². The summed E-state index contributed by atoms with van der Waals surface area (Å²) in [5.41, 5.74) is 3.65. The number of aromatic amines is 1. The van der Waals surface area contributed by atoms with Gasteiger partial charge in [0.2, 0.25) is 0 Å². The zero-order valence-corrected chi connectivity index (χ0v) is 17.6. The van der Waals surface area contributed by atoms with E-state index >= 15 is 0 Å². The smallest absolute Gasteiger partial charge is 0.135 e. The van der Waals surface area contributed by atoms with Gasteiger partial charge >= 0.3 is 0 Å². The molecule has 4 aromatic rings. The van der Waals surface area contributed by atoms with Crippen LogP contribution in [-0.2, 0) is 5.41 Å². The summed E-state index contributed by atoms with van der Waals surface area (Å²) in [5.74, 6) is -1.11. The highest BCUT2D eigenvalue weighted by molar-refractivity contribution is 5.64. The molecule has 1 fully saturated rings. The second kappa shape index (κ2) is 6.48. The van der Waals surface area contributed by atoms with Gasteiger partial charge in [-0.3, -0.25) is 10.1 Å². The summed E-state index contributed by atoms with van der Waals surface area (Å²) in [4.78, 5) is 9.43. The maximum Gasteiger partial charge on any atom is 0.135 e. The van der Waals surface area contributed by atoms with Crippen LogP contribution in [0.15, 0.2) is 49.1 Å². The van der Waals surface area contributed by atoms with Gasteiger partial charge in [0.25, 0.3) is 0 Å². The fourth-order valence-corrected chi connectivity index (χ4v) is 5.86. The zero-order valence-electron chi connectivity index (χ0n) is 17.6. The van der Waals surface area contributed by atoms with Crippen LogP contribution in [0.5, 0.6) is 0 Å². The molecule has 8 heteroatoms. The van der Waals surface area contributed by atoms with E-state index in [0.717, 1.165) is 41.1 Å². The van der Waals surface area contributed by atoms with Gasteiger partial charge < -0.3 is 0 Å². The van der Waals surface area contributed by atoms with Gasteiger partial charge in [-0.1, -0.05) is 19.9 Å². The predicted octanol–water partition coefficient (Wildman–Crippen LogP) is 4.81. The lowest BCUT2D eigenvalue weighted by Crippen LogP contribution is -2.38. The van der Waals surface area contributed by atoms with Crippen LogP contribution < -0.4 is 0 Å². The van der Waals surface area contributed by atoms with Crippen LogP contribution in [0, 0.1) is 17.0 Å². The Labute approximate surface area is 183 Å². The SMILES string of the molecule is CC1(C)[C@H]2CC[C@]1(c1cncc(-c3cn[nH]c3)n1)c1nnc(-c3c(F)cccc3F)cc12. The lowest BCUT2D eigenvalue weighted by atomic mass is 9.66. The summed E-state index contributed by atoms with van der Waals surface area (Å²) >= 11 is 0. The Hall–Kier alpha value is -3.55. The topological polar surface area (TPSA) is 80.2 Å². The molecule has 2 aliphatic rings. The molecule has 0 aliphatic heterocycles. The molecule has 2 aliphatic carbocycles. The third kappa shape index (κ3) is 2.35. The van der Waals surface area contributed by atoms with Crippen molar-refractivity contribution >= 4 is 0 Å². The van der Waals surface area contributed by atoms with Gasteiger partial charge in [0, 0.05) is 18.0 Å². The lowest BCUT2D eigenvalue weighted by Gasteiger charge is -2.37. The molecular weight excluding hydrogens is 410 g/mol. The number of halogens is 2. The first-order valence-corrected chi connectivity index (χ1v) is 10.6. The normalized spacial score (nSPS) is 22.8. The largest absolute Gasteiger partial charge is 0.285 e. The summed E-state index contributed by atoms with van der Waals surface area (Å²) in [6.45, 7) is 4.42. The van der Waals surface area contributed by atoms with Gasteiger partial charge in [-0.25, -0.2) is 13.8 Å². The van der Waals surface area contributed by atoms with Gasteiger partial charge in [-0.05, 0) is 47.9 Å².